The fourth-order valence-electron chi connectivity index (χ4n) is 3.65. The quantitative estimate of drug-likeness (QED) is 0.576. The number of carbonyl (C=O) groups excluding carboxylic acids is 2. The summed E-state index contributed by atoms with van der Waals surface area (Å²) in [5.74, 6) is -1.51. The lowest BCUT2D eigenvalue weighted by Crippen LogP contribution is -2.38. The van der Waals surface area contributed by atoms with Crippen LogP contribution in [0.3, 0.4) is 0 Å². The Kier molecular flexibility index (Phi) is 2.23. The first-order chi connectivity index (χ1) is 10.1. The minimum atomic E-state index is -0.710. The Morgan fingerprint density at radius 2 is 2.05 bits per heavy atom. The van der Waals surface area contributed by atoms with Gasteiger partial charge in [0.2, 0.25) is 11.8 Å². The van der Waals surface area contributed by atoms with E-state index in [1.54, 1.807) is 24.3 Å². The van der Waals surface area contributed by atoms with Crippen molar-refractivity contribution in [2.75, 3.05) is 4.90 Å². The number of amides is 2. The monoisotopic (exact) mass is 280 g/mol. The lowest BCUT2D eigenvalue weighted by molar-refractivity contribution is -0.126. The van der Waals surface area contributed by atoms with Gasteiger partial charge in [0.05, 0.1) is 34.8 Å². The van der Waals surface area contributed by atoms with E-state index in [4.69, 9.17) is 4.74 Å². The molecule has 0 saturated carbocycles. The van der Waals surface area contributed by atoms with E-state index in [9.17, 15) is 14.9 Å². The molecule has 5 nitrogen and oxygen atoms in total. The molecule has 2 fully saturated rings. The Hall–Kier alpha value is -2.45. The van der Waals surface area contributed by atoms with E-state index in [1.807, 2.05) is 25.1 Å². The Labute approximate surface area is 121 Å². The summed E-state index contributed by atoms with van der Waals surface area (Å²) in [5, 5.41) is 9.18. The zero-order valence-electron chi connectivity index (χ0n) is 11.3. The van der Waals surface area contributed by atoms with Gasteiger partial charge in [0.25, 0.3) is 0 Å². The molecule has 0 radical (unpaired) electrons. The smallest absolute Gasteiger partial charge is 0.241 e. The number of rotatable bonds is 1. The van der Waals surface area contributed by atoms with Crippen LogP contribution in [0, 0.1) is 23.2 Å². The zero-order valence-corrected chi connectivity index (χ0v) is 11.3. The van der Waals surface area contributed by atoms with E-state index in [2.05, 4.69) is 0 Å². The maximum Gasteiger partial charge on any atom is 0.241 e. The summed E-state index contributed by atoms with van der Waals surface area (Å²) in [7, 11) is 0. The van der Waals surface area contributed by atoms with Crippen LogP contribution in [0.15, 0.2) is 36.4 Å². The summed E-state index contributed by atoms with van der Waals surface area (Å²) in [6.45, 7) is 1.83. The third kappa shape index (κ3) is 1.38. The van der Waals surface area contributed by atoms with Crippen molar-refractivity contribution < 1.29 is 14.3 Å². The molecule has 0 aromatic heterocycles. The highest BCUT2D eigenvalue weighted by Gasteiger charge is 2.66. The van der Waals surface area contributed by atoms with Gasteiger partial charge in [-0.15, -0.1) is 0 Å². The number of ether oxygens (including phenoxy) is 1. The molecule has 21 heavy (non-hydrogen) atoms. The summed E-state index contributed by atoms with van der Waals surface area (Å²) >= 11 is 0. The maximum absolute atomic E-state index is 12.7. The maximum atomic E-state index is 12.7. The number of nitrogens with zero attached hydrogens (tertiary/aromatic N) is 2. The van der Waals surface area contributed by atoms with Crippen molar-refractivity contribution in [1.29, 1.82) is 5.26 Å². The number of imide groups is 1. The van der Waals surface area contributed by atoms with Gasteiger partial charge in [-0.05, 0) is 19.1 Å². The van der Waals surface area contributed by atoms with E-state index in [0.717, 1.165) is 4.90 Å². The van der Waals surface area contributed by atoms with E-state index in [0.29, 0.717) is 11.3 Å². The number of hydrogen-bond acceptors (Lipinski definition) is 4. The molecule has 1 aromatic carbocycles. The summed E-state index contributed by atoms with van der Waals surface area (Å²) in [6, 6.07) is 8.70. The molecule has 2 amide bonds. The Balaban J connectivity index is 1.83. The number of fused-ring (bicyclic) bond motifs is 5. The standard InChI is InChI=1S/C16H12N2O3/c1-16-7-6-11(21-16)12-13(16)15(20)18(14(12)19)10-5-3-2-4-9(10)8-17/h2-7,11-13H,1H3/t11-,12+,13-,16+/m1/s1. The molecule has 104 valence electrons. The minimum absolute atomic E-state index is 0.272. The summed E-state index contributed by atoms with van der Waals surface area (Å²) in [5.41, 5.74) is -0.0174. The minimum Gasteiger partial charge on any atom is -0.362 e. The number of anilines is 1. The van der Waals surface area contributed by atoms with Crippen molar-refractivity contribution >= 4 is 17.5 Å². The molecule has 0 unspecified atom stereocenters. The number of nitriles is 1. The molecule has 0 N–H and O–H groups in total. The van der Waals surface area contributed by atoms with Crippen LogP contribution in [-0.2, 0) is 14.3 Å². The van der Waals surface area contributed by atoms with Crippen molar-refractivity contribution in [3.63, 3.8) is 0 Å². The number of carbonyl (C=O) groups is 2. The lowest BCUT2D eigenvalue weighted by Gasteiger charge is -2.24. The normalized spacial score (nSPS) is 36.2. The van der Waals surface area contributed by atoms with Crippen molar-refractivity contribution in [3.05, 3.63) is 42.0 Å². The Morgan fingerprint density at radius 3 is 2.76 bits per heavy atom. The van der Waals surface area contributed by atoms with Gasteiger partial charge in [-0.1, -0.05) is 24.3 Å². The van der Waals surface area contributed by atoms with Gasteiger partial charge in [-0.25, -0.2) is 4.90 Å². The van der Waals surface area contributed by atoms with Gasteiger partial charge < -0.3 is 4.74 Å². The fourth-order valence-corrected chi connectivity index (χ4v) is 3.65. The predicted octanol–water partition coefficient (Wildman–Crippen LogP) is 1.39. The largest absolute Gasteiger partial charge is 0.362 e. The highest BCUT2D eigenvalue weighted by atomic mass is 16.5. The average Bonchev–Trinajstić information content (AvgIpc) is 3.08. The predicted molar refractivity (Wildman–Crippen MR) is 73.0 cm³/mol. The van der Waals surface area contributed by atoms with Crippen LogP contribution >= 0.6 is 0 Å². The average molecular weight is 280 g/mol. The lowest BCUT2D eigenvalue weighted by atomic mass is 9.78. The highest BCUT2D eigenvalue weighted by molar-refractivity contribution is 6.23. The number of para-hydroxylation sites is 1. The first-order valence-electron chi connectivity index (χ1n) is 6.81. The van der Waals surface area contributed by atoms with Crippen LogP contribution in [-0.4, -0.2) is 23.5 Å². The molecule has 0 spiro atoms. The molecule has 2 saturated heterocycles. The first kappa shape index (κ1) is 12.3. The Morgan fingerprint density at radius 1 is 1.29 bits per heavy atom. The van der Waals surface area contributed by atoms with E-state index in [-0.39, 0.29) is 17.9 Å². The van der Waals surface area contributed by atoms with Gasteiger partial charge in [0.15, 0.2) is 0 Å². The van der Waals surface area contributed by atoms with Crippen LogP contribution in [0.25, 0.3) is 0 Å². The zero-order chi connectivity index (χ0) is 14.8. The highest BCUT2D eigenvalue weighted by Crippen LogP contribution is 2.52. The molecule has 4 rings (SSSR count). The van der Waals surface area contributed by atoms with E-state index >= 15 is 0 Å². The second-order valence-corrected chi connectivity index (χ2v) is 5.77. The van der Waals surface area contributed by atoms with Gasteiger partial charge in [-0.3, -0.25) is 9.59 Å². The second kappa shape index (κ2) is 3.80. The molecule has 5 heteroatoms. The molecular weight excluding hydrogens is 268 g/mol. The Bertz CT molecular complexity index is 748. The van der Waals surface area contributed by atoms with Crippen LogP contribution < -0.4 is 4.90 Å². The summed E-state index contributed by atoms with van der Waals surface area (Å²) < 4.78 is 5.76. The first-order valence-corrected chi connectivity index (χ1v) is 6.81. The van der Waals surface area contributed by atoms with E-state index in [1.165, 1.54) is 0 Å². The van der Waals surface area contributed by atoms with E-state index < -0.39 is 17.4 Å². The molecule has 4 atom stereocenters. The molecule has 0 aliphatic carbocycles. The molecular formula is C16H12N2O3. The number of benzene rings is 1. The topological polar surface area (TPSA) is 70.4 Å². The molecule has 3 aliphatic rings. The second-order valence-electron chi connectivity index (χ2n) is 5.77. The SMILES string of the molecule is C[C@@]12C=C[C@@H](O1)[C@@H]1C(=O)N(c3ccccc3C#N)C(=O)[C@@H]12. The third-order valence-corrected chi connectivity index (χ3v) is 4.59. The van der Waals surface area contributed by atoms with Crippen LogP contribution in [0.1, 0.15) is 12.5 Å². The van der Waals surface area contributed by atoms with Crippen molar-refractivity contribution in [2.45, 2.75) is 18.6 Å². The third-order valence-electron chi connectivity index (χ3n) is 4.59. The van der Waals surface area contributed by atoms with Crippen molar-refractivity contribution in [2.24, 2.45) is 11.8 Å². The van der Waals surface area contributed by atoms with Crippen LogP contribution in [0.2, 0.25) is 0 Å². The van der Waals surface area contributed by atoms with Crippen LogP contribution in [0.4, 0.5) is 5.69 Å². The van der Waals surface area contributed by atoms with Gasteiger partial charge in [0, 0.05) is 0 Å². The molecule has 1 aromatic rings. The summed E-state index contributed by atoms with van der Waals surface area (Å²) in [4.78, 5) is 26.6. The van der Waals surface area contributed by atoms with Gasteiger partial charge >= 0.3 is 0 Å². The fraction of sp³-hybridized carbons (Fsp3) is 0.312. The van der Waals surface area contributed by atoms with Gasteiger partial charge in [0.1, 0.15) is 6.07 Å². The molecule has 3 aliphatic heterocycles. The van der Waals surface area contributed by atoms with Crippen molar-refractivity contribution in [3.8, 4) is 6.07 Å². The van der Waals surface area contributed by atoms with Crippen LogP contribution in [0.5, 0.6) is 0 Å². The molecule has 3 heterocycles. The summed E-state index contributed by atoms with van der Waals surface area (Å²) in [6.07, 6.45) is 3.38. The van der Waals surface area contributed by atoms with Crippen molar-refractivity contribution in [1.82, 2.24) is 0 Å². The number of hydrogen-bond donors (Lipinski definition) is 0. The van der Waals surface area contributed by atoms with Gasteiger partial charge in [-0.2, -0.15) is 5.26 Å². The molecule has 2 bridgehead atoms.